The highest BCUT2D eigenvalue weighted by atomic mass is 32.2. The molecule has 0 bridgehead atoms. The highest BCUT2D eigenvalue weighted by Gasteiger charge is 2.48. The standard InChI is InChI=1S/C17H21N3O3S/c1-24(22,23)17(7-10-18-11-8-17)16(21)20-12-14-5-2-4-13-6-3-9-19-15(13)14/h2-6,9,18H,7-8,10-12H2,1H3,(H,20,21). The Morgan fingerprint density at radius 1 is 1.25 bits per heavy atom. The quantitative estimate of drug-likeness (QED) is 0.862. The van der Waals surface area contributed by atoms with E-state index in [1.54, 1.807) is 6.20 Å². The van der Waals surface area contributed by atoms with E-state index in [-0.39, 0.29) is 6.54 Å². The molecule has 0 aliphatic carbocycles. The number of carbonyl (C=O) groups is 1. The van der Waals surface area contributed by atoms with Gasteiger partial charge in [-0.2, -0.15) is 0 Å². The van der Waals surface area contributed by atoms with E-state index in [1.165, 1.54) is 0 Å². The molecule has 0 radical (unpaired) electrons. The third-order valence-electron chi connectivity index (χ3n) is 4.69. The molecule has 1 aliphatic heterocycles. The summed E-state index contributed by atoms with van der Waals surface area (Å²) in [6.45, 7) is 1.31. The van der Waals surface area contributed by atoms with Gasteiger partial charge in [0.15, 0.2) is 14.6 Å². The maximum absolute atomic E-state index is 12.7. The predicted octanol–water partition coefficient (Wildman–Crippen LogP) is 1.02. The zero-order valence-corrected chi connectivity index (χ0v) is 14.4. The molecule has 0 spiro atoms. The monoisotopic (exact) mass is 347 g/mol. The number of aromatic nitrogens is 1. The molecule has 6 nitrogen and oxygen atoms in total. The molecule has 2 heterocycles. The molecule has 2 N–H and O–H groups in total. The fourth-order valence-corrected chi connectivity index (χ4v) is 4.60. The van der Waals surface area contributed by atoms with Crippen LogP contribution in [0.2, 0.25) is 0 Å². The summed E-state index contributed by atoms with van der Waals surface area (Å²) in [6, 6.07) is 9.57. The van der Waals surface area contributed by atoms with E-state index in [9.17, 15) is 13.2 Å². The zero-order valence-electron chi connectivity index (χ0n) is 13.6. The Labute approximate surface area is 141 Å². The molecule has 24 heavy (non-hydrogen) atoms. The maximum Gasteiger partial charge on any atom is 0.241 e. The van der Waals surface area contributed by atoms with Crippen LogP contribution in [0.15, 0.2) is 36.5 Å². The Morgan fingerprint density at radius 2 is 1.96 bits per heavy atom. The number of hydrogen-bond acceptors (Lipinski definition) is 5. The average Bonchev–Trinajstić information content (AvgIpc) is 2.59. The minimum absolute atomic E-state index is 0.262. The molecule has 3 rings (SSSR count). The Morgan fingerprint density at radius 3 is 2.67 bits per heavy atom. The number of hydrogen-bond donors (Lipinski definition) is 2. The SMILES string of the molecule is CS(=O)(=O)C1(C(=O)NCc2cccc3cccnc23)CCNCC1. The second-order valence-corrected chi connectivity index (χ2v) is 8.52. The summed E-state index contributed by atoms with van der Waals surface area (Å²) in [5, 5.41) is 6.92. The predicted molar refractivity (Wildman–Crippen MR) is 93.3 cm³/mol. The van der Waals surface area contributed by atoms with Crippen molar-refractivity contribution < 1.29 is 13.2 Å². The first-order valence-electron chi connectivity index (χ1n) is 7.95. The lowest BCUT2D eigenvalue weighted by atomic mass is 9.95. The fourth-order valence-electron chi connectivity index (χ4n) is 3.24. The van der Waals surface area contributed by atoms with Crippen molar-refractivity contribution in [2.45, 2.75) is 24.1 Å². The first kappa shape index (κ1) is 16.9. The van der Waals surface area contributed by atoms with E-state index in [0.29, 0.717) is 25.9 Å². The Balaban J connectivity index is 1.83. The van der Waals surface area contributed by atoms with Gasteiger partial charge in [-0.1, -0.05) is 24.3 Å². The summed E-state index contributed by atoms with van der Waals surface area (Å²) >= 11 is 0. The molecule has 1 aromatic carbocycles. The van der Waals surface area contributed by atoms with E-state index in [2.05, 4.69) is 15.6 Å². The van der Waals surface area contributed by atoms with Crippen molar-refractivity contribution in [3.63, 3.8) is 0 Å². The van der Waals surface area contributed by atoms with Gasteiger partial charge in [0.25, 0.3) is 0 Å². The van der Waals surface area contributed by atoms with E-state index < -0.39 is 20.5 Å². The number of piperidine rings is 1. The van der Waals surface area contributed by atoms with Crippen LogP contribution in [0.25, 0.3) is 10.9 Å². The van der Waals surface area contributed by atoms with Gasteiger partial charge in [-0.25, -0.2) is 8.42 Å². The number of benzene rings is 1. The first-order chi connectivity index (χ1) is 11.4. The van der Waals surface area contributed by atoms with Gasteiger partial charge < -0.3 is 10.6 Å². The zero-order chi connectivity index (χ0) is 17.2. The van der Waals surface area contributed by atoms with Crippen LogP contribution in [0.4, 0.5) is 0 Å². The van der Waals surface area contributed by atoms with E-state index in [0.717, 1.165) is 22.7 Å². The van der Waals surface area contributed by atoms with Crippen LogP contribution in [0.5, 0.6) is 0 Å². The molecule has 0 unspecified atom stereocenters. The summed E-state index contributed by atoms with van der Waals surface area (Å²) in [5.74, 6) is -0.417. The Kier molecular flexibility index (Phi) is 4.56. The summed E-state index contributed by atoms with van der Waals surface area (Å²) in [5.41, 5.74) is 1.69. The van der Waals surface area contributed by atoms with Gasteiger partial charge in [0.05, 0.1) is 5.52 Å². The van der Waals surface area contributed by atoms with Crippen molar-refractivity contribution in [1.82, 2.24) is 15.6 Å². The van der Waals surface area contributed by atoms with Crippen LogP contribution in [-0.2, 0) is 21.2 Å². The summed E-state index contributed by atoms with van der Waals surface area (Å²) in [7, 11) is -3.50. The average molecular weight is 347 g/mol. The number of pyridine rings is 1. The number of fused-ring (bicyclic) bond motifs is 1. The summed E-state index contributed by atoms with van der Waals surface area (Å²) in [4.78, 5) is 17.1. The molecule has 0 saturated carbocycles. The molecular formula is C17H21N3O3S. The van der Waals surface area contributed by atoms with Crippen LogP contribution in [-0.4, -0.2) is 43.4 Å². The number of para-hydroxylation sites is 1. The molecule has 128 valence electrons. The van der Waals surface area contributed by atoms with Crippen LogP contribution in [0.3, 0.4) is 0 Å². The lowest BCUT2D eigenvalue weighted by Crippen LogP contribution is -2.57. The Hall–Kier alpha value is -1.99. The topological polar surface area (TPSA) is 88.2 Å². The molecule has 1 aromatic heterocycles. The van der Waals surface area contributed by atoms with E-state index in [1.807, 2.05) is 30.3 Å². The minimum Gasteiger partial charge on any atom is -0.351 e. The van der Waals surface area contributed by atoms with E-state index >= 15 is 0 Å². The van der Waals surface area contributed by atoms with Gasteiger partial charge in [-0.3, -0.25) is 9.78 Å². The van der Waals surface area contributed by atoms with Crippen molar-refractivity contribution in [2.24, 2.45) is 0 Å². The van der Waals surface area contributed by atoms with Gasteiger partial charge in [-0.05, 0) is 37.6 Å². The van der Waals surface area contributed by atoms with E-state index in [4.69, 9.17) is 0 Å². The summed E-state index contributed by atoms with van der Waals surface area (Å²) < 4.78 is 23.2. The van der Waals surface area contributed by atoms with Crippen molar-refractivity contribution in [3.8, 4) is 0 Å². The highest BCUT2D eigenvalue weighted by molar-refractivity contribution is 7.92. The lowest BCUT2D eigenvalue weighted by Gasteiger charge is -2.34. The van der Waals surface area contributed by atoms with Gasteiger partial charge >= 0.3 is 0 Å². The van der Waals surface area contributed by atoms with Crippen LogP contribution in [0, 0.1) is 0 Å². The first-order valence-corrected chi connectivity index (χ1v) is 9.84. The van der Waals surface area contributed by atoms with Crippen molar-refractivity contribution in [2.75, 3.05) is 19.3 Å². The van der Waals surface area contributed by atoms with Crippen molar-refractivity contribution in [3.05, 3.63) is 42.1 Å². The second kappa shape index (κ2) is 6.49. The molecule has 2 aromatic rings. The molecular weight excluding hydrogens is 326 g/mol. The normalized spacial score (nSPS) is 17.5. The summed E-state index contributed by atoms with van der Waals surface area (Å²) in [6.07, 6.45) is 3.45. The van der Waals surface area contributed by atoms with Gasteiger partial charge in [0.1, 0.15) is 0 Å². The molecule has 1 fully saturated rings. The van der Waals surface area contributed by atoms with Gasteiger partial charge in [0.2, 0.25) is 5.91 Å². The smallest absolute Gasteiger partial charge is 0.241 e. The molecule has 7 heteroatoms. The molecule has 1 saturated heterocycles. The third kappa shape index (κ3) is 3.01. The van der Waals surface area contributed by atoms with Crippen LogP contribution < -0.4 is 10.6 Å². The highest BCUT2D eigenvalue weighted by Crippen LogP contribution is 2.28. The van der Waals surface area contributed by atoms with Crippen molar-refractivity contribution in [1.29, 1.82) is 0 Å². The maximum atomic E-state index is 12.7. The van der Waals surface area contributed by atoms with Crippen LogP contribution in [0.1, 0.15) is 18.4 Å². The molecule has 0 atom stereocenters. The molecule has 1 aliphatic rings. The second-order valence-electron chi connectivity index (χ2n) is 6.19. The number of amides is 1. The van der Waals surface area contributed by atoms with Gasteiger partial charge in [0, 0.05) is 24.4 Å². The van der Waals surface area contributed by atoms with Gasteiger partial charge in [-0.15, -0.1) is 0 Å². The number of carbonyl (C=O) groups excluding carboxylic acids is 1. The molecule has 1 amide bonds. The number of nitrogens with one attached hydrogen (secondary N) is 2. The largest absolute Gasteiger partial charge is 0.351 e. The number of nitrogens with zero attached hydrogens (tertiary/aromatic N) is 1. The van der Waals surface area contributed by atoms with Crippen molar-refractivity contribution >= 4 is 26.6 Å². The number of rotatable bonds is 4. The van der Waals surface area contributed by atoms with Crippen LogP contribution >= 0.6 is 0 Å². The third-order valence-corrected chi connectivity index (χ3v) is 6.70. The minimum atomic E-state index is -3.50. The lowest BCUT2D eigenvalue weighted by molar-refractivity contribution is -0.124. The Bertz CT molecular complexity index is 853. The fraction of sp³-hybridized carbons (Fsp3) is 0.412. The number of sulfone groups is 1.